The fourth-order valence-corrected chi connectivity index (χ4v) is 4.03. The first-order chi connectivity index (χ1) is 9.29. The summed E-state index contributed by atoms with van der Waals surface area (Å²) < 4.78 is 13.0. The fraction of sp³-hybridized carbons (Fsp3) is 0.250. The third kappa shape index (κ3) is 2.40. The van der Waals surface area contributed by atoms with Gasteiger partial charge in [0.1, 0.15) is 5.82 Å². The Balaban J connectivity index is 1.94. The largest absolute Gasteiger partial charge is 0.312 e. The molecule has 98 valence electrons. The van der Waals surface area contributed by atoms with Gasteiger partial charge in [0.2, 0.25) is 0 Å². The Hall–Kier alpha value is -1.32. The van der Waals surface area contributed by atoms with Crippen molar-refractivity contribution < 1.29 is 4.39 Å². The Morgan fingerprint density at radius 1 is 1.16 bits per heavy atom. The number of rotatable bonds is 3. The van der Waals surface area contributed by atoms with Crippen molar-refractivity contribution in [1.82, 2.24) is 5.32 Å². The molecule has 0 spiro atoms. The zero-order chi connectivity index (χ0) is 13.2. The minimum absolute atomic E-state index is 0.181. The van der Waals surface area contributed by atoms with Gasteiger partial charge in [-0.05, 0) is 36.4 Å². The van der Waals surface area contributed by atoms with Crippen LogP contribution in [-0.4, -0.2) is 12.8 Å². The van der Waals surface area contributed by atoms with E-state index in [1.54, 1.807) is 0 Å². The molecule has 3 rings (SSSR count). The Kier molecular flexibility index (Phi) is 3.58. The molecule has 19 heavy (non-hydrogen) atoms. The van der Waals surface area contributed by atoms with Gasteiger partial charge < -0.3 is 5.32 Å². The topological polar surface area (TPSA) is 12.0 Å². The van der Waals surface area contributed by atoms with Crippen LogP contribution in [-0.2, 0) is 0 Å². The molecule has 2 aromatic carbocycles. The van der Waals surface area contributed by atoms with Gasteiger partial charge in [0.05, 0.1) is 0 Å². The molecule has 0 saturated heterocycles. The Morgan fingerprint density at radius 3 is 2.63 bits per heavy atom. The molecule has 1 aliphatic heterocycles. The molecule has 0 bridgehead atoms. The lowest BCUT2D eigenvalue weighted by molar-refractivity contribution is 0.513. The van der Waals surface area contributed by atoms with E-state index in [0.29, 0.717) is 5.92 Å². The van der Waals surface area contributed by atoms with Crippen LogP contribution in [0.2, 0.25) is 0 Å². The predicted octanol–water partition coefficient (Wildman–Crippen LogP) is 3.98. The van der Waals surface area contributed by atoms with Crippen molar-refractivity contribution in [1.29, 1.82) is 0 Å². The molecular formula is C16H16FNS. The summed E-state index contributed by atoms with van der Waals surface area (Å²) in [6.07, 6.45) is 0. The van der Waals surface area contributed by atoms with Crippen molar-refractivity contribution in [3.05, 3.63) is 65.5 Å². The number of hydrogen-bond donors (Lipinski definition) is 1. The number of thioether (sulfide) groups is 1. The number of fused-ring (bicyclic) bond motifs is 1. The number of benzene rings is 2. The summed E-state index contributed by atoms with van der Waals surface area (Å²) in [7, 11) is 1.97. The van der Waals surface area contributed by atoms with Gasteiger partial charge >= 0.3 is 0 Å². The van der Waals surface area contributed by atoms with E-state index in [2.05, 4.69) is 29.6 Å². The highest BCUT2D eigenvalue weighted by Crippen LogP contribution is 2.45. The van der Waals surface area contributed by atoms with Gasteiger partial charge in [0, 0.05) is 22.6 Å². The highest BCUT2D eigenvalue weighted by Gasteiger charge is 2.30. The lowest BCUT2D eigenvalue weighted by Gasteiger charge is -2.24. The molecule has 0 saturated carbocycles. The van der Waals surface area contributed by atoms with Gasteiger partial charge in [0.15, 0.2) is 0 Å². The van der Waals surface area contributed by atoms with E-state index >= 15 is 0 Å². The maximum absolute atomic E-state index is 13.0. The van der Waals surface area contributed by atoms with Crippen LogP contribution in [0.5, 0.6) is 0 Å². The summed E-state index contributed by atoms with van der Waals surface area (Å²) in [4.78, 5) is 1.37. The van der Waals surface area contributed by atoms with Crippen LogP contribution in [0, 0.1) is 5.82 Å². The second-order valence-corrected chi connectivity index (χ2v) is 5.84. The van der Waals surface area contributed by atoms with E-state index in [9.17, 15) is 4.39 Å². The van der Waals surface area contributed by atoms with Gasteiger partial charge in [-0.2, -0.15) is 0 Å². The molecule has 0 amide bonds. The van der Waals surface area contributed by atoms with Gasteiger partial charge in [-0.15, -0.1) is 11.8 Å². The SMILES string of the molecule is CNC(c1ccc(F)cc1)C1CSc2ccccc21. The molecule has 3 heteroatoms. The Bertz CT molecular complexity index is 567. The van der Waals surface area contributed by atoms with Gasteiger partial charge in [-0.25, -0.2) is 4.39 Å². The van der Waals surface area contributed by atoms with Gasteiger partial charge in [-0.3, -0.25) is 0 Å². The highest BCUT2D eigenvalue weighted by molar-refractivity contribution is 7.99. The maximum atomic E-state index is 13.0. The molecule has 1 nitrogen and oxygen atoms in total. The maximum Gasteiger partial charge on any atom is 0.123 e. The summed E-state index contributed by atoms with van der Waals surface area (Å²) >= 11 is 1.90. The third-order valence-electron chi connectivity index (χ3n) is 3.68. The zero-order valence-corrected chi connectivity index (χ0v) is 11.6. The van der Waals surface area contributed by atoms with Crippen LogP contribution in [0.15, 0.2) is 53.4 Å². The second-order valence-electron chi connectivity index (χ2n) is 4.77. The molecule has 0 aliphatic carbocycles. The van der Waals surface area contributed by atoms with Crippen LogP contribution in [0.1, 0.15) is 23.1 Å². The van der Waals surface area contributed by atoms with Gasteiger partial charge in [0.25, 0.3) is 0 Å². The molecule has 2 unspecified atom stereocenters. The average Bonchev–Trinajstić information content (AvgIpc) is 2.86. The molecule has 0 radical (unpaired) electrons. The summed E-state index contributed by atoms with van der Waals surface area (Å²) in [6.45, 7) is 0. The minimum atomic E-state index is -0.181. The molecule has 1 N–H and O–H groups in total. The van der Waals surface area contributed by atoms with Crippen molar-refractivity contribution in [2.24, 2.45) is 0 Å². The van der Waals surface area contributed by atoms with E-state index < -0.39 is 0 Å². The average molecular weight is 273 g/mol. The van der Waals surface area contributed by atoms with E-state index in [-0.39, 0.29) is 11.9 Å². The summed E-state index contributed by atoms with van der Waals surface area (Å²) in [5.74, 6) is 1.33. The normalized spacial score (nSPS) is 19.2. The van der Waals surface area contributed by atoms with E-state index in [0.717, 1.165) is 11.3 Å². The van der Waals surface area contributed by atoms with Gasteiger partial charge in [-0.1, -0.05) is 30.3 Å². The number of likely N-dealkylation sites (N-methyl/N-ethyl adjacent to an activating group) is 1. The molecule has 1 aliphatic rings. The van der Waals surface area contributed by atoms with Crippen LogP contribution < -0.4 is 5.32 Å². The van der Waals surface area contributed by atoms with E-state index in [1.807, 2.05) is 30.9 Å². The predicted molar refractivity (Wildman–Crippen MR) is 78.1 cm³/mol. The fourth-order valence-electron chi connectivity index (χ4n) is 2.73. The summed E-state index contributed by atoms with van der Waals surface area (Å²) in [5, 5.41) is 3.38. The molecular weight excluding hydrogens is 257 g/mol. The van der Waals surface area contributed by atoms with Crippen molar-refractivity contribution in [2.75, 3.05) is 12.8 Å². The van der Waals surface area contributed by atoms with Crippen molar-refractivity contribution >= 4 is 11.8 Å². The highest BCUT2D eigenvalue weighted by atomic mass is 32.2. The summed E-state index contributed by atoms with van der Waals surface area (Å²) in [5.41, 5.74) is 2.54. The first-order valence-corrected chi connectivity index (χ1v) is 7.42. The number of nitrogens with one attached hydrogen (secondary N) is 1. The molecule has 1 heterocycles. The first-order valence-electron chi connectivity index (χ1n) is 6.44. The van der Waals surface area contributed by atoms with E-state index in [1.165, 1.54) is 22.6 Å². The van der Waals surface area contributed by atoms with Crippen molar-refractivity contribution in [2.45, 2.75) is 16.9 Å². The van der Waals surface area contributed by atoms with Crippen molar-refractivity contribution in [3.8, 4) is 0 Å². The number of hydrogen-bond acceptors (Lipinski definition) is 2. The quantitative estimate of drug-likeness (QED) is 0.908. The van der Waals surface area contributed by atoms with Crippen LogP contribution in [0.4, 0.5) is 4.39 Å². The number of halogens is 1. The first kappa shape index (κ1) is 12.7. The smallest absolute Gasteiger partial charge is 0.123 e. The zero-order valence-electron chi connectivity index (χ0n) is 10.8. The lowest BCUT2D eigenvalue weighted by Crippen LogP contribution is -2.24. The Morgan fingerprint density at radius 2 is 1.89 bits per heavy atom. The molecule has 0 aromatic heterocycles. The van der Waals surface area contributed by atoms with Crippen molar-refractivity contribution in [3.63, 3.8) is 0 Å². The second kappa shape index (κ2) is 5.35. The van der Waals surface area contributed by atoms with Crippen LogP contribution in [0.3, 0.4) is 0 Å². The third-order valence-corrected chi connectivity index (χ3v) is 4.89. The molecule has 0 fully saturated rings. The Labute approximate surface area is 117 Å². The monoisotopic (exact) mass is 273 g/mol. The standard InChI is InChI=1S/C16H16FNS/c1-18-16(11-6-8-12(17)9-7-11)14-10-19-15-5-3-2-4-13(14)15/h2-9,14,16,18H,10H2,1H3. The minimum Gasteiger partial charge on any atom is -0.312 e. The molecule has 2 aromatic rings. The summed E-state index contributed by atoms with van der Waals surface area (Å²) in [6, 6.07) is 15.6. The van der Waals surface area contributed by atoms with E-state index in [4.69, 9.17) is 0 Å². The van der Waals surface area contributed by atoms with Crippen LogP contribution >= 0.6 is 11.8 Å². The molecule has 2 atom stereocenters. The lowest BCUT2D eigenvalue weighted by atomic mass is 9.89. The van der Waals surface area contributed by atoms with Crippen LogP contribution in [0.25, 0.3) is 0 Å².